The maximum Gasteiger partial charge on any atom is 0.308 e. The maximum absolute atomic E-state index is 11.8. The first-order valence-corrected chi connectivity index (χ1v) is 13.5. The molecule has 10 atom stereocenters. The van der Waals surface area contributed by atoms with Crippen LogP contribution in [-0.2, 0) is 28.5 Å². The summed E-state index contributed by atoms with van der Waals surface area (Å²) in [5, 5.41) is 10.7. The fraction of sp³-hybridized carbons (Fsp3) is 0.857. The molecular weight excluding hydrogens is 653 g/mol. The average molecular weight is 683 g/mol. The Morgan fingerprint density at radius 2 is 2.00 bits per heavy atom. The molecule has 0 radical (unpaired) electrons. The van der Waals surface area contributed by atoms with Crippen molar-refractivity contribution in [2.75, 3.05) is 7.11 Å². The Kier molecular flexibility index (Phi) is 8.16. The Hall–Kier alpha value is 0.760. The molecule has 1 N–H and O–H groups in total. The molecule has 10 heteroatoms. The van der Waals surface area contributed by atoms with Gasteiger partial charge in [-0.15, -0.1) is 11.6 Å². The van der Waals surface area contributed by atoms with Gasteiger partial charge in [0.25, 0.3) is 0 Å². The molecule has 0 saturated carbocycles. The molecule has 4 saturated heterocycles. The zero-order chi connectivity index (χ0) is 22.3. The van der Waals surface area contributed by atoms with Gasteiger partial charge in [0.1, 0.15) is 24.4 Å². The van der Waals surface area contributed by atoms with E-state index < -0.39 is 18.0 Å². The molecule has 0 amide bonds. The monoisotopic (exact) mass is 682 g/mol. The zero-order valence-electron chi connectivity index (χ0n) is 17.4. The lowest BCUT2D eigenvalue weighted by Gasteiger charge is -2.49. The first-order chi connectivity index (χ1) is 14.7. The van der Waals surface area contributed by atoms with Gasteiger partial charge in [0.2, 0.25) is 0 Å². The van der Waals surface area contributed by atoms with E-state index >= 15 is 0 Å². The molecule has 176 valence electrons. The molecule has 31 heavy (non-hydrogen) atoms. The van der Waals surface area contributed by atoms with Crippen LogP contribution in [-0.4, -0.2) is 76.0 Å². The molecule has 4 bridgehead atoms. The quantitative estimate of drug-likeness (QED) is 0.250. The molecule has 0 aliphatic carbocycles. The summed E-state index contributed by atoms with van der Waals surface area (Å²) in [6.07, 6.45) is 1.81. The average Bonchev–Trinajstić information content (AvgIpc) is 3.01. The van der Waals surface area contributed by atoms with Crippen molar-refractivity contribution in [2.24, 2.45) is 0 Å². The van der Waals surface area contributed by atoms with Crippen molar-refractivity contribution in [3.63, 3.8) is 0 Å². The van der Waals surface area contributed by atoms with Gasteiger partial charge >= 0.3 is 5.97 Å². The van der Waals surface area contributed by atoms with Crippen molar-refractivity contribution >= 4 is 62.8 Å². The number of halogens is 3. The van der Waals surface area contributed by atoms with E-state index in [2.05, 4.69) is 51.8 Å². The lowest BCUT2D eigenvalue weighted by Crippen LogP contribution is -2.63. The second kappa shape index (κ2) is 10.2. The van der Waals surface area contributed by atoms with Crippen molar-refractivity contribution in [3.05, 3.63) is 10.2 Å². The van der Waals surface area contributed by atoms with Crippen LogP contribution in [0.2, 0.25) is 0 Å². The van der Waals surface area contributed by atoms with Gasteiger partial charge in [-0.2, -0.15) is 0 Å². The minimum atomic E-state index is -0.913. The predicted octanol–water partition coefficient (Wildman–Crippen LogP) is 3.64. The molecule has 4 heterocycles. The zero-order valence-corrected chi connectivity index (χ0v) is 22.5. The molecule has 0 aromatic heterocycles. The Morgan fingerprint density at radius 3 is 2.71 bits per heavy atom. The molecule has 4 fully saturated rings. The smallest absolute Gasteiger partial charge is 0.308 e. The van der Waals surface area contributed by atoms with Crippen LogP contribution in [0, 0.1) is 0 Å². The first-order valence-electron chi connectivity index (χ1n) is 10.7. The van der Waals surface area contributed by atoms with Crippen LogP contribution in [0.1, 0.15) is 44.9 Å². The van der Waals surface area contributed by atoms with Crippen LogP contribution in [0.3, 0.4) is 0 Å². The fourth-order valence-corrected chi connectivity index (χ4v) is 7.36. The molecule has 4 aliphatic rings. The Bertz CT molecular complexity index is 697. The van der Waals surface area contributed by atoms with Gasteiger partial charge in [-0.1, -0.05) is 29.2 Å². The molecule has 0 aromatic rings. The first kappa shape index (κ1) is 24.9. The van der Waals surface area contributed by atoms with Gasteiger partial charge in [0, 0.05) is 18.2 Å². The van der Waals surface area contributed by atoms with Crippen molar-refractivity contribution in [2.45, 2.75) is 103 Å². The third-order valence-corrected chi connectivity index (χ3v) is 8.83. The van der Waals surface area contributed by atoms with Crippen molar-refractivity contribution in [3.8, 4) is 0 Å². The van der Waals surface area contributed by atoms with E-state index in [9.17, 15) is 9.90 Å². The van der Waals surface area contributed by atoms with E-state index in [1.807, 2.05) is 0 Å². The number of hydrogen-bond donors (Lipinski definition) is 1. The second-order valence-electron chi connectivity index (χ2n) is 8.87. The number of alkyl halides is 2. The standard InChI is InChI=1S/C21H29ClI2O7/c1-10(23)7-11(22)5-6-21-9-13(25)17(30-21)19-16(24)20(31-21)18-14(29-19)4-3-12(28-18)8-15(26)27-2/h11-14,16-20,25H,1,3-9H2,2H3/t11?,12?,13-,14+,16?,17?,18+,19?,20?,21+/m1/s1. The number of hydrogen-bond acceptors (Lipinski definition) is 7. The Balaban J connectivity index is 1.51. The van der Waals surface area contributed by atoms with Crippen LogP contribution in [0.4, 0.5) is 0 Å². The highest BCUT2D eigenvalue weighted by atomic mass is 127. The van der Waals surface area contributed by atoms with Crippen molar-refractivity contribution < 1.29 is 33.6 Å². The van der Waals surface area contributed by atoms with Gasteiger partial charge in [0.05, 0.1) is 35.8 Å². The number of methoxy groups -OCH3 is 1. The minimum Gasteiger partial charge on any atom is -0.469 e. The summed E-state index contributed by atoms with van der Waals surface area (Å²) in [6, 6.07) is 0. The van der Waals surface area contributed by atoms with Crippen molar-refractivity contribution in [1.82, 2.24) is 0 Å². The SMILES string of the molecule is C=C(I)CC(Cl)CC[C@]12C[C@@H](O)C(O1)C1O[C@H]3CCC(CC(=O)OC)O[C@@H]3C(O2)C1I. The molecule has 4 rings (SSSR count). The normalized spacial score (nSPS) is 44.8. The van der Waals surface area contributed by atoms with Gasteiger partial charge in [-0.25, -0.2) is 0 Å². The highest BCUT2D eigenvalue weighted by Gasteiger charge is 2.62. The summed E-state index contributed by atoms with van der Waals surface area (Å²) >= 11 is 11.0. The summed E-state index contributed by atoms with van der Waals surface area (Å²) in [5.41, 5.74) is 0. The number of aliphatic hydroxyl groups excluding tert-OH is 1. The van der Waals surface area contributed by atoms with Gasteiger partial charge < -0.3 is 28.8 Å². The van der Waals surface area contributed by atoms with E-state index in [-0.39, 0.29) is 52.2 Å². The summed E-state index contributed by atoms with van der Waals surface area (Å²) in [5.74, 6) is -1.19. The number of ether oxygens (including phenoxy) is 5. The van der Waals surface area contributed by atoms with E-state index in [1.165, 1.54) is 7.11 Å². The topological polar surface area (TPSA) is 83.5 Å². The molecule has 0 spiro atoms. The third kappa shape index (κ3) is 5.38. The van der Waals surface area contributed by atoms with Crippen LogP contribution < -0.4 is 0 Å². The number of aliphatic hydroxyl groups is 1. The number of esters is 1. The van der Waals surface area contributed by atoms with Gasteiger partial charge in [-0.05, 0) is 51.9 Å². The van der Waals surface area contributed by atoms with E-state index in [0.29, 0.717) is 19.3 Å². The Morgan fingerprint density at radius 1 is 1.26 bits per heavy atom. The fourth-order valence-electron chi connectivity index (χ4n) is 5.14. The summed E-state index contributed by atoms with van der Waals surface area (Å²) in [6.45, 7) is 3.93. The number of carbonyl (C=O) groups excluding carboxylic acids is 1. The summed E-state index contributed by atoms with van der Waals surface area (Å²) < 4.78 is 31.5. The molecule has 7 nitrogen and oxygen atoms in total. The third-order valence-electron chi connectivity index (χ3n) is 6.60. The number of fused-ring (bicyclic) bond motifs is 7. The van der Waals surface area contributed by atoms with Crippen LogP contribution in [0.5, 0.6) is 0 Å². The summed E-state index contributed by atoms with van der Waals surface area (Å²) in [4.78, 5) is 11.8. The number of carbonyl (C=O) groups is 1. The highest BCUT2D eigenvalue weighted by Crippen LogP contribution is 2.50. The van der Waals surface area contributed by atoms with Gasteiger partial charge in [0.15, 0.2) is 5.79 Å². The molecule has 4 aliphatic heterocycles. The largest absolute Gasteiger partial charge is 0.469 e. The number of allylic oxidation sites excluding steroid dienone is 1. The molecular formula is C21H29ClI2O7. The summed E-state index contributed by atoms with van der Waals surface area (Å²) in [7, 11) is 1.39. The lowest BCUT2D eigenvalue weighted by molar-refractivity contribution is -0.273. The predicted molar refractivity (Wildman–Crippen MR) is 131 cm³/mol. The molecule has 6 unspecified atom stereocenters. The lowest BCUT2D eigenvalue weighted by atomic mass is 9.86. The van der Waals surface area contributed by atoms with Gasteiger partial charge in [-0.3, -0.25) is 4.79 Å². The van der Waals surface area contributed by atoms with Crippen molar-refractivity contribution in [1.29, 1.82) is 0 Å². The van der Waals surface area contributed by atoms with Crippen LogP contribution >= 0.6 is 56.8 Å². The Labute approximate surface area is 215 Å². The van der Waals surface area contributed by atoms with E-state index in [4.69, 9.17) is 35.3 Å². The minimum absolute atomic E-state index is 0.0431. The number of rotatable bonds is 7. The second-order valence-corrected chi connectivity index (χ2v) is 12.4. The van der Waals surface area contributed by atoms with Crippen LogP contribution in [0.15, 0.2) is 10.2 Å². The molecule has 0 aromatic carbocycles. The van der Waals surface area contributed by atoms with Crippen LogP contribution in [0.25, 0.3) is 0 Å². The highest BCUT2D eigenvalue weighted by molar-refractivity contribution is 14.1. The van der Waals surface area contributed by atoms with E-state index in [1.54, 1.807) is 0 Å². The maximum atomic E-state index is 11.8. The van der Waals surface area contributed by atoms with E-state index in [0.717, 1.165) is 22.8 Å².